The maximum absolute atomic E-state index is 13.7. The molecule has 1 rings (SSSR count). The summed E-state index contributed by atoms with van der Waals surface area (Å²) in [7, 11) is 0. The molecule has 0 amide bonds. The molecule has 3 N–H and O–H groups in total. The summed E-state index contributed by atoms with van der Waals surface area (Å²) in [6.45, 7) is 1.16. The van der Waals surface area contributed by atoms with Gasteiger partial charge in [-0.1, -0.05) is 23.2 Å². The van der Waals surface area contributed by atoms with Crippen LogP contribution in [0.1, 0.15) is 18.5 Å². The van der Waals surface area contributed by atoms with Crippen molar-refractivity contribution in [2.75, 3.05) is 6.61 Å². The number of hydrogen-bond donors (Lipinski definition) is 2. The molecule has 0 aliphatic heterocycles. The molecule has 1 aromatic carbocycles. The number of hydrogen-bond acceptors (Lipinski definition) is 4. The lowest BCUT2D eigenvalue weighted by Crippen LogP contribution is -2.41. The molecular formula is C11H11Cl2F2NO3. The molecule has 0 aliphatic rings. The minimum absolute atomic E-state index is 0.00732. The Morgan fingerprint density at radius 3 is 2.63 bits per heavy atom. The highest BCUT2D eigenvalue weighted by Crippen LogP contribution is 2.40. The summed E-state index contributed by atoms with van der Waals surface area (Å²) in [4.78, 5) is 11.2. The molecular weight excluding hydrogens is 303 g/mol. The quantitative estimate of drug-likeness (QED) is 0.838. The molecule has 0 aliphatic carbocycles. The molecule has 0 saturated carbocycles. The van der Waals surface area contributed by atoms with E-state index in [0.717, 1.165) is 12.1 Å². The SMILES string of the molecule is CCOC(=O)C(F)(F)[C@@H](N)c1cc(Cl)cc(Cl)c1O. The Morgan fingerprint density at radius 1 is 1.53 bits per heavy atom. The summed E-state index contributed by atoms with van der Waals surface area (Å²) in [5.74, 6) is -6.44. The third-order valence-electron chi connectivity index (χ3n) is 2.33. The van der Waals surface area contributed by atoms with Gasteiger partial charge in [-0.3, -0.25) is 0 Å². The van der Waals surface area contributed by atoms with E-state index in [9.17, 15) is 18.7 Å². The number of phenols is 1. The zero-order chi connectivity index (χ0) is 14.8. The molecule has 0 radical (unpaired) electrons. The van der Waals surface area contributed by atoms with Gasteiger partial charge >= 0.3 is 11.9 Å². The molecule has 0 saturated heterocycles. The van der Waals surface area contributed by atoms with Crippen LogP contribution in [0.25, 0.3) is 0 Å². The van der Waals surface area contributed by atoms with Crippen LogP contribution in [0.15, 0.2) is 12.1 Å². The summed E-state index contributed by atoms with van der Waals surface area (Å²) >= 11 is 11.2. The standard InChI is InChI=1S/C11H11Cl2F2NO3/c1-2-19-10(18)11(14,15)9(16)6-3-5(12)4-7(13)8(6)17/h3-4,9,17H,2,16H2,1H3/t9-/m0/s1. The minimum Gasteiger partial charge on any atom is -0.506 e. The minimum atomic E-state index is -4.01. The predicted octanol–water partition coefficient (Wildman–Crippen LogP) is 2.90. The Labute approximate surface area is 118 Å². The highest BCUT2D eigenvalue weighted by atomic mass is 35.5. The van der Waals surface area contributed by atoms with Crippen molar-refractivity contribution in [3.05, 3.63) is 27.7 Å². The van der Waals surface area contributed by atoms with Gasteiger partial charge in [0.05, 0.1) is 11.6 Å². The van der Waals surface area contributed by atoms with Gasteiger partial charge in [-0.05, 0) is 19.1 Å². The summed E-state index contributed by atoms with van der Waals surface area (Å²) in [6, 6.07) is 0.0559. The van der Waals surface area contributed by atoms with Gasteiger partial charge in [-0.15, -0.1) is 0 Å². The zero-order valence-electron chi connectivity index (χ0n) is 9.79. The number of ether oxygens (including phenoxy) is 1. The van der Waals surface area contributed by atoms with Crippen LogP contribution < -0.4 is 5.73 Å². The Morgan fingerprint density at radius 2 is 2.11 bits per heavy atom. The Balaban J connectivity index is 3.19. The van der Waals surface area contributed by atoms with Crippen molar-refractivity contribution in [1.29, 1.82) is 0 Å². The lowest BCUT2D eigenvalue weighted by atomic mass is 10.0. The molecule has 0 aromatic heterocycles. The maximum Gasteiger partial charge on any atom is 0.379 e. The van der Waals surface area contributed by atoms with Crippen LogP contribution in [0.2, 0.25) is 10.0 Å². The van der Waals surface area contributed by atoms with Gasteiger partial charge in [0.25, 0.3) is 0 Å². The van der Waals surface area contributed by atoms with E-state index in [4.69, 9.17) is 28.9 Å². The number of carbonyl (C=O) groups is 1. The van der Waals surface area contributed by atoms with Gasteiger partial charge in [-0.2, -0.15) is 8.78 Å². The van der Waals surface area contributed by atoms with E-state index < -0.39 is 29.2 Å². The number of aromatic hydroxyl groups is 1. The van der Waals surface area contributed by atoms with E-state index in [-0.39, 0.29) is 16.7 Å². The molecule has 0 bridgehead atoms. The maximum atomic E-state index is 13.7. The van der Waals surface area contributed by atoms with Crippen LogP contribution in [-0.2, 0) is 9.53 Å². The van der Waals surface area contributed by atoms with E-state index in [2.05, 4.69) is 4.74 Å². The molecule has 0 fully saturated rings. The van der Waals surface area contributed by atoms with Crippen LogP contribution in [0.4, 0.5) is 8.78 Å². The topological polar surface area (TPSA) is 72.5 Å². The largest absolute Gasteiger partial charge is 0.506 e. The van der Waals surface area contributed by atoms with Gasteiger partial charge in [0.15, 0.2) is 0 Å². The molecule has 106 valence electrons. The first-order valence-electron chi connectivity index (χ1n) is 5.20. The number of phenolic OH excluding ortho intramolecular Hbond substituents is 1. The number of carbonyl (C=O) groups excluding carboxylic acids is 1. The van der Waals surface area contributed by atoms with Gasteiger partial charge in [0.1, 0.15) is 11.8 Å². The number of nitrogens with two attached hydrogens (primary N) is 1. The summed E-state index contributed by atoms with van der Waals surface area (Å²) < 4.78 is 31.7. The van der Waals surface area contributed by atoms with Crippen molar-refractivity contribution in [3.8, 4) is 5.75 Å². The van der Waals surface area contributed by atoms with Crippen molar-refractivity contribution in [1.82, 2.24) is 0 Å². The Kier molecular flexibility index (Phi) is 4.95. The molecule has 0 heterocycles. The highest BCUT2D eigenvalue weighted by molar-refractivity contribution is 6.35. The van der Waals surface area contributed by atoms with Gasteiger partial charge < -0.3 is 15.6 Å². The zero-order valence-corrected chi connectivity index (χ0v) is 11.3. The van der Waals surface area contributed by atoms with E-state index in [1.54, 1.807) is 0 Å². The molecule has 0 spiro atoms. The summed E-state index contributed by atoms with van der Waals surface area (Å²) in [5, 5.41) is 9.38. The van der Waals surface area contributed by atoms with Crippen LogP contribution in [0.3, 0.4) is 0 Å². The smallest absolute Gasteiger partial charge is 0.379 e. The molecule has 0 unspecified atom stereocenters. The highest BCUT2D eigenvalue weighted by Gasteiger charge is 2.48. The number of benzene rings is 1. The number of alkyl halides is 2. The Hall–Kier alpha value is -1.11. The number of esters is 1. The Bertz CT molecular complexity index is 497. The van der Waals surface area contributed by atoms with E-state index >= 15 is 0 Å². The van der Waals surface area contributed by atoms with Crippen molar-refractivity contribution in [2.45, 2.75) is 18.9 Å². The third kappa shape index (κ3) is 3.26. The second-order valence-corrected chi connectivity index (χ2v) is 4.49. The average Bonchev–Trinajstić information content (AvgIpc) is 2.33. The van der Waals surface area contributed by atoms with Crippen molar-refractivity contribution in [2.24, 2.45) is 5.73 Å². The molecule has 8 heteroatoms. The van der Waals surface area contributed by atoms with Crippen molar-refractivity contribution >= 4 is 29.2 Å². The summed E-state index contributed by atoms with van der Waals surface area (Å²) in [5.41, 5.74) is 4.88. The van der Waals surface area contributed by atoms with Crippen molar-refractivity contribution < 1.29 is 23.4 Å². The van der Waals surface area contributed by atoms with Crippen LogP contribution >= 0.6 is 23.2 Å². The second kappa shape index (κ2) is 5.90. The normalized spacial score (nSPS) is 13.2. The monoisotopic (exact) mass is 313 g/mol. The van der Waals surface area contributed by atoms with Gasteiger partial charge in [0.2, 0.25) is 0 Å². The van der Waals surface area contributed by atoms with Crippen LogP contribution in [0.5, 0.6) is 5.75 Å². The first-order chi connectivity index (χ1) is 8.71. The fourth-order valence-electron chi connectivity index (χ4n) is 1.37. The van der Waals surface area contributed by atoms with Crippen LogP contribution in [-0.4, -0.2) is 23.6 Å². The second-order valence-electron chi connectivity index (χ2n) is 3.65. The first-order valence-corrected chi connectivity index (χ1v) is 5.95. The number of halogens is 4. The van der Waals surface area contributed by atoms with Crippen molar-refractivity contribution in [3.63, 3.8) is 0 Å². The van der Waals surface area contributed by atoms with E-state index in [1.165, 1.54) is 6.92 Å². The fraction of sp³-hybridized carbons (Fsp3) is 0.364. The van der Waals surface area contributed by atoms with Crippen LogP contribution in [0, 0.1) is 0 Å². The van der Waals surface area contributed by atoms with Gasteiger partial charge in [-0.25, -0.2) is 4.79 Å². The molecule has 4 nitrogen and oxygen atoms in total. The van der Waals surface area contributed by atoms with E-state index in [0.29, 0.717) is 0 Å². The first kappa shape index (κ1) is 15.9. The van der Waals surface area contributed by atoms with E-state index in [1.807, 2.05) is 0 Å². The average molecular weight is 314 g/mol. The summed E-state index contributed by atoms with van der Waals surface area (Å²) in [6.07, 6.45) is 0. The lowest BCUT2D eigenvalue weighted by molar-refractivity contribution is -0.174. The molecule has 1 atom stereocenters. The van der Waals surface area contributed by atoms with Gasteiger partial charge in [0, 0.05) is 10.6 Å². The predicted molar refractivity (Wildman–Crippen MR) is 66.6 cm³/mol. The molecule has 19 heavy (non-hydrogen) atoms. The molecule has 1 aromatic rings. The third-order valence-corrected chi connectivity index (χ3v) is 2.84. The number of rotatable bonds is 4. The lowest BCUT2D eigenvalue weighted by Gasteiger charge is -2.23. The fourth-order valence-corrected chi connectivity index (χ4v) is 1.88.